The number of aromatic nitrogens is 2. The van der Waals surface area contributed by atoms with E-state index in [-0.39, 0.29) is 26.5 Å². The van der Waals surface area contributed by atoms with Crippen LogP contribution >= 0.6 is 34.8 Å². The molecule has 4 nitrogen and oxygen atoms in total. The van der Waals surface area contributed by atoms with Gasteiger partial charge >= 0.3 is 6.18 Å². The van der Waals surface area contributed by atoms with Gasteiger partial charge in [-0.3, -0.25) is 4.21 Å². The molecule has 2 rings (SSSR count). The molecule has 0 amide bonds. The fraction of sp³-hybridized carbons (Fsp3) is 0.250. The first-order valence-corrected chi connectivity index (χ1v) is 8.52. The first kappa shape index (κ1) is 18.4. The van der Waals surface area contributed by atoms with Gasteiger partial charge in [0.2, 0.25) is 0 Å². The summed E-state index contributed by atoms with van der Waals surface area (Å²) in [5.74, 6) is -0.496. The van der Waals surface area contributed by atoms with E-state index >= 15 is 0 Å². The Kier molecular flexibility index (Phi) is 5.20. The lowest BCUT2D eigenvalue weighted by atomic mass is 10.3. The van der Waals surface area contributed by atoms with Crippen LogP contribution in [0.2, 0.25) is 15.1 Å². The Morgan fingerprint density at radius 2 is 1.78 bits per heavy atom. The highest BCUT2D eigenvalue weighted by atomic mass is 35.5. The van der Waals surface area contributed by atoms with Gasteiger partial charge in [0.05, 0.1) is 20.8 Å². The second-order valence-electron chi connectivity index (χ2n) is 4.32. The standard InChI is InChI=1S/C12H9Cl3F3N3OS/c1-2-23(22)9-10(12(16,17)18)20-21(11(9)19)8-6(14)3-5(13)4-7(8)15/h3-4H,2,19H2,1H3. The van der Waals surface area contributed by atoms with Crippen LogP contribution in [0.1, 0.15) is 12.6 Å². The first-order chi connectivity index (χ1) is 10.6. The maximum absolute atomic E-state index is 13.2. The molecule has 1 aromatic heterocycles. The first-order valence-electron chi connectivity index (χ1n) is 6.06. The van der Waals surface area contributed by atoms with Gasteiger partial charge < -0.3 is 5.73 Å². The highest BCUT2D eigenvalue weighted by Gasteiger charge is 2.41. The average Bonchev–Trinajstić information content (AvgIpc) is 2.75. The van der Waals surface area contributed by atoms with E-state index in [4.69, 9.17) is 40.5 Å². The smallest absolute Gasteiger partial charge is 0.383 e. The Balaban J connectivity index is 2.81. The normalized spacial score (nSPS) is 13.3. The second kappa shape index (κ2) is 6.51. The quantitative estimate of drug-likeness (QED) is 0.813. The Morgan fingerprint density at radius 3 is 2.22 bits per heavy atom. The van der Waals surface area contributed by atoms with Gasteiger partial charge in [0.1, 0.15) is 16.4 Å². The van der Waals surface area contributed by atoms with E-state index in [1.165, 1.54) is 19.1 Å². The van der Waals surface area contributed by atoms with Crippen LogP contribution < -0.4 is 5.73 Å². The van der Waals surface area contributed by atoms with Gasteiger partial charge in [-0.2, -0.15) is 18.3 Å². The van der Waals surface area contributed by atoms with Crippen molar-refractivity contribution in [2.24, 2.45) is 0 Å². The number of hydrogen-bond donors (Lipinski definition) is 1. The zero-order chi connectivity index (χ0) is 17.5. The van der Waals surface area contributed by atoms with Crippen molar-refractivity contribution in [1.82, 2.24) is 9.78 Å². The summed E-state index contributed by atoms with van der Waals surface area (Å²) < 4.78 is 52.2. The molecule has 126 valence electrons. The zero-order valence-electron chi connectivity index (χ0n) is 11.4. The molecule has 11 heteroatoms. The molecule has 0 aliphatic heterocycles. The Labute approximate surface area is 146 Å². The molecule has 0 saturated carbocycles. The molecule has 0 radical (unpaired) electrons. The SMILES string of the molecule is CCS(=O)c1c(C(F)(F)F)nn(-c2c(Cl)cc(Cl)cc2Cl)c1N. The van der Waals surface area contributed by atoms with Crippen molar-refractivity contribution >= 4 is 51.4 Å². The molecule has 1 atom stereocenters. The molecule has 1 heterocycles. The van der Waals surface area contributed by atoms with Gasteiger partial charge in [-0.05, 0) is 12.1 Å². The van der Waals surface area contributed by atoms with Crippen LogP contribution in [0.25, 0.3) is 5.69 Å². The molecule has 0 spiro atoms. The summed E-state index contributed by atoms with van der Waals surface area (Å²) in [6.07, 6.45) is -4.83. The van der Waals surface area contributed by atoms with Crippen molar-refractivity contribution in [3.8, 4) is 5.69 Å². The predicted molar refractivity (Wildman–Crippen MR) is 85.0 cm³/mol. The number of nitrogens with two attached hydrogens (primary N) is 1. The minimum absolute atomic E-state index is 0.0424. The van der Waals surface area contributed by atoms with Crippen LogP contribution in [-0.2, 0) is 17.0 Å². The molecule has 0 bridgehead atoms. The van der Waals surface area contributed by atoms with Crippen LogP contribution in [-0.4, -0.2) is 19.7 Å². The van der Waals surface area contributed by atoms with E-state index in [0.717, 1.165) is 4.68 Å². The van der Waals surface area contributed by atoms with Gasteiger partial charge in [-0.15, -0.1) is 0 Å². The molecule has 0 fully saturated rings. The highest BCUT2D eigenvalue weighted by Crippen LogP contribution is 2.40. The van der Waals surface area contributed by atoms with Gasteiger partial charge in [0.25, 0.3) is 0 Å². The van der Waals surface area contributed by atoms with Crippen molar-refractivity contribution in [1.29, 1.82) is 0 Å². The fourth-order valence-electron chi connectivity index (χ4n) is 1.88. The summed E-state index contributed by atoms with van der Waals surface area (Å²) in [4.78, 5) is -0.595. The van der Waals surface area contributed by atoms with E-state index in [2.05, 4.69) is 5.10 Å². The maximum Gasteiger partial charge on any atom is 0.436 e. The third-order valence-corrected chi connectivity index (χ3v) is 5.00. The van der Waals surface area contributed by atoms with Crippen LogP contribution in [0.4, 0.5) is 19.0 Å². The summed E-state index contributed by atoms with van der Waals surface area (Å²) in [6.45, 7) is 1.47. The topological polar surface area (TPSA) is 60.9 Å². The Hall–Kier alpha value is -0.960. The lowest BCUT2D eigenvalue weighted by molar-refractivity contribution is -0.143. The van der Waals surface area contributed by atoms with Crippen LogP contribution in [0.15, 0.2) is 17.0 Å². The second-order valence-corrected chi connectivity index (χ2v) is 7.25. The van der Waals surface area contributed by atoms with Crippen LogP contribution in [0.3, 0.4) is 0 Å². The number of anilines is 1. The molecule has 2 N–H and O–H groups in total. The number of nitrogen functional groups attached to an aromatic ring is 1. The predicted octanol–water partition coefficient (Wildman–Crippen LogP) is 4.56. The summed E-state index contributed by atoms with van der Waals surface area (Å²) >= 11 is 17.7. The van der Waals surface area contributed by atoms with E-state index in [1.54, 1.807) is 0 Å². The Bertz CT molecular complexity index is 769. The molecule has 0 aliphatic carbocycles. The van der Waals surface area contributed by atoms with Crippen molar-refractivity contribution in [2.75, 3.05) is 11.5 Å². The lowest BCUT2D eigenvalue weighted by Crippen LogP contribution is -2.11. The Morgan fingerprint density at radius 1 is 1.26 bits per heavy atom. The summed E-state index contributed by atoms with van der Waals surface area (Å²) in [5.41, 5.74) is 4.34. The number of alkyl halides is 3. The molecule has 2 aromatic rings. The van der Waals surface area contributed by atoms with Gasteiger partial charge in [0.15, 0.2) is 5.69 Å². The van der Waals surface area contributed by atoms with E-state index < -0.39 is 33.4 Å². The molecular weight excluding hydrogens is 398 g/mol. The number of nitrogens with zero attached hydrogens (tertiary/aromatic N) is 2. The van der Waals surface area contributed by atoms with Crippen molar-refractivity contribution < 1.29 is 17.4 Å². The number of benzene rings is 1. The molecule has 23 heavy (non-hydrogen) atoms. The summed E-state index contributed by atoms with van der Waals surface area (Å²) in [5, 5.41) is 3.55. The number of rotatable bonds is 3. The lowest BCUT2D eigenvalue weighted by Gasteiger charge is -2.09. The van der Waals surface area contributed by atoms with Gasteiger partial charge in [-0.1, -0.05) is 41.7 Å². The monoisotopic (exact) mass is 405 g/mol. The summed E-state index contributed by atoms with van der Waals surface area (Å²) in [7, 11) is -1.97. The van der Waals surface area contributed by atoms with Gasteiger partial charge in [0, 0.05) is 10.8 Å². The zero-order valence-corrected chi connectivity index (χ0v) is 14.5. The maximum atomic E-state index is 13.2. The third kappa shape index (κ3) is 3.45. The van der Waals surface area contributed by atoms with E-state index in [9.17, 15) is 17.4 Å². The molecule has 0 aliphatic rings. The average molecular weight is 407 g/mol. The van der Waals surface area contributed by atoms with Crippen molar-refractivity contribution in [2.45, 2.75) is 18.0 Å². The molecule has 1 unspecified atom stereocenters. The molecular formula is C12H9Cl3F3N3OS. The van der Waals surface area contributed by atoms with E-state index in [0.29, 0.717) is 0 Å². The molecule has 1 aromatic carbocycles. The fourth-order valence-corrected chi connectivity index (χ4v) is 3.84. The summed E-state index contributed by atoms with van der Waals surface area (Å²) in [6, 6.07) is 2.57. The number of halogens is 6. The molecule has 0 saturated heterocycles. The van der Waals surface area contributed by atoms with Crippen molar-refractivity contribution in [3.63, 3.8) is 0 Å². The minimum Gasteiger partial charge on any atom is -0.383 e. The largest absolute Gasteiger partial charge is 0.436 e. The minimum atomic E-state index is -4.83. The van der Waals surface area contributed by atoms with Gasteiger partial charge in [-0.25, -0.2) is 4.68 Å². The van der Waals surface area contributed by atoms with Crippen LogP contribution in [0.5, 0.6) is 0 Å². The van der Waals surface area contributed by atoms with Crippen LogP contribution in [0, 0.1) is 0 Å². The van der Waals surface area contributed by atoms with E-state index in [1.807, 2.05) is 0 Å². The van der Waals surface area contributed by atoms with Crippen molar-refractivity contribution in [3.05, 3.63) is 32.9 Å². The number of hydrogen-bond acceptors (Lipinski definition) is 3. The highest BCUT2D eigenvalue weighted by molar-refractivity contribution is 7.85. The third-order valence-electron chi connectivity index (χ3n) is 2.83.